The van der Waals surface area contributed by atoms with Gasteiger partial charge in [-0.1, -0.05) is 42.5 Å². The standard InChI is InChI=1S/C25H21F2N3/c26-23-11-10-21(19-6-3-7-20(14-19)25-28-15-29-30-25)24(27)22(23)9-8-16-12-17-4-1-2-5-18(17)13-16/h1-7,10-11,14-16H,8-9,12-13H2,(H,28,29,30). The maximum atomic E-state index is 15.4. The molecule has 0 radical (unpaired) electrons. The number of aromatic amines is 1. The zero-order valence-electron chi connectivity index (χ0n) is 16.4. The van der Waals surface area contributed by atoms with Gasteiger partial charge >= 0.3 is 0 Å². The molecule has 30 heavy (non-hydrogen) atoms. The number of fused-ring (bicyclic) bond motifs is 1. The van der Waals surface area contributed by atoms with Gasteiger partial charge in [0.05, 0.1) is 0 Å². The SMILES string of the molecule is Fc1ccc(-c2cccc(-c3ncn[nH]3)c2)c(F)c1CCC1Cc2ccccc2C1. The van der Waals surface area contributed by atoms with Gasteiger partial charge in [0, 0.05) is 16.7 Å². The Morgan fingerprint density at radius 3 is 2.40 bits per heavy atom. The number of hydrogen-bond acceptors (Lipinski definition) is 2. The number of H-pyrrole nitrogens is 1. The molecule has 5 rings (SSSR count). The van der Waals surface area contributed by atoms with Gasteiger partial charge in [0.2, 0.25) is 0 Å². The second-order valence-corrected chi connectivity index (χ2v) is 7.88. The molecular weight excluding hydrogens is 380 g/mol. The fourth-order valence-electron chi connectivity index (χ4n) is 4.43. The lowest BCUT2D eigenvalue weighted by atomic mass is 9.93. The first-order valence-electron chi connectivity index (χ1n) is 10.2. The summed E-state index contributed by atoms with van der Waals surface area (Å²) in [5, 5.41) is 6.67. The number of benzene rings is 3. The van der Waals surface area contributed by atoms with Crippen LogP contribution in [0.1, 0.15) is 23.1 Å². The molecular formula is C25H21F2N3. The van der Waals surface area contributed by atoms with Crippen molar-refractivity contribution >= 4 is 0 Å². The minimum atomic E-state index is -0.474. The highest BCUT2D eigenvalue weighted by atomic mass is 19.1. The van der Waals surface area contributed by atoms with Crippen LogP contribution in [0.4, 0.5) is 8.78 Å². The van der Waals surface area contributed by atoms with Crippen molar-refractivity contribution in [2.75, 3.05) is 0 Å². The fourth-order valence-corrected chi connectivity index (χ4v) is 4.43. The van der Waals surface area contributed by atoms with Crippen molar-refractivity contribution in [1.29, 1.82) is 0 Å². The molecule has 150 valence electrons. The van der Waals surface area contributed by atoms with E-state index in [1.54, 1.807) is 0 Å². The van der Waals surface area contributed by atoms with E-state index in [0.29, 0.717) is 29.3 Å². The minimum absolute atomic E-state index is 0.175. The molecule has 1 heterocycles. The normalized spacial score (nSPS) is 13.5. The van der Waals surface area contributed by atoms with Gasteiger partial charge in [0.25, 0.3) is 0 Å². The molecule has 0 aliphatic heterocycles. The molecule has 0 bridgehead atoms. The first kappa shape index (κ1) is 18.7. The molecule has 1 aliphatic rings. The van der Waals surface area contributed by atoms with Gasteiger partial charge in [-0.25, -0.2) is 13.8 Å². The van der Waals surface area contributed by atoms with Crippen molar-refractivity contribution in [3.05, 3.63) is 95.3 Å². The van der Waals surface area contributed by atoms with Gasteiger partial charge in [-0.3, -0.25) is 5.10 Å². The topological polar surface area (TPSA) is 41.6 Å². The fraction of sp³-hybridized carbons (Fsp3) is 0.200. The van der Waals surface area contributed by atoms with Crippen molar-refractivity contribution in [2.45, 2.75) is 25.7 Å². The highest BCUT2D eigenvalue weighted by molar-refractivity contribution is 5.71. The Balaban J connectivity index is 1.39. The number of rotatable bonds is 5. The van der Waals surface area contributed by atoms with Crippen LogP contribution < -0.4 is 0 Å². The van der Waals surface area contributed by atoms with E-state index in [4.69, 9.17) is 0 Å². The van der Waals surface area contributed by atoms with E-state index < -0.39 is 11.6 Å². The highest BCUT2D eigenvalue weighted by Gasteiger charge is 2.22. The van der Waals surface area contributed by atoms with Gasteiger partial charge in [0.1, 0.15) is 18.0 Å². The lowest BCUT2D eigenvalue weighted by Gasteiger charge is -2.13. The Labute approximate surface area is 173 Å². The molecule has 0 fully saturated rings. The third kappa shape index (κ3) is 3.52. The summed E-state index contributed by atoms with van der Waals surface area (Å²) in [6.45, 7) is 0. The van der Waals surface area contributed by atoms with Gasteiger partial charge in [-0.15, -0.1) is 0 Å². The van der Waals surface area contributed by atoms with Crippen LogP contribution in [0.3, 0.4) is 0 Å². The van der Waals surface area contributed by atoms with Gasteiger partial charge in [-0.2, -0.15) is 5.10 Å². The summed E-state index contributed by atoms with van der Waals surface area (Å²) in [6.07, 6.45) is 4.56. The van der Waals surface area contributed by atoms with E-state index in [1.807, 2.05) is 24.3 Å². The van der Waals surface area contributed by atoms with E-state index in [9.17, 15) is 4.39 Å². The molecule has 0 unspecified atom stereocenters. The highest BCUT2D eigenvalue weighted by Crippen LogP contribution is 2.33. The number of nitrogens with one attached hydrogen (secondary N) is 1. The maximum Gasteiger partial charge on any atom is 0.155 e. The average molecular weight is 401 g/mol. The molecule has 5 heteroatoms. The van der Waals surface area contributed by atoms with Crippen LogP contribution in [-0.4, -0.2) is 15.2 Å². The number of nitrogens with zero attached hydrogens (tertiary/aromatic N) is 2. The van der Waals surface area contributed by atoms with Crippen molar-refractivity contribution in [3.63, 3.8) is 0 Å². The van der Waals surface area contributed by atoms with Gasteiger partial charge in [-0.05, 0) is 66.5 Å². The van der Waals surface area contributed by atoms with Gasteiger partial charge < -0.3 is 0 Å². The quantitative estimate of drug-likeness (QED) is 0.462. The molecule has 0 saturated carbocycles. The summed E-state index contributed by atoms with van der Waals surface area (Å²) in [5.74, 6) is 0.0958. The smallest absolute Gasteiger partial charge is 0.155 e. The Kier molecular flexibility index (Phi) is 4.87. The molecule has 1 aromatic heterocycles. The number of hydrogen-bond donors (Lipinski definition) is 1. The van der Waals surface area contributed by atoms with E-state index >= 15 is 4.39 Å². The largest absolute Gasteiger partial charge is 0.259 e. The van der Waals surface area contributed by atoms with E-state index in [-0.39, 0.29) is 5.56 Å². The third-order valence-electron chi connectivity index (χ3n) is 5.99. The Morgan fingerprint density at radius 1 is 0.900 bits per heavy atom. The monoisotopic (exact) mass is 401 g/mol. The van der Waals surface area contributed by atoms with Crippen molar-refractivity contribution in [3.8, 4) is 22.5 Å². The van der Waals surface area contributed by atoms with E-state index in [2.05, 4.69) is 39.4 Å². The Morgan fingerprint density at radius 2 is 1.67 bits per heavy atom. The predicted molar refractivity (Wildman–Crippen MR) is 113 cm³/mol. The maximum absolute atomic E-state index is 15.4. The molecule has 0 atom stereocenters. The number of halogens is 2. The van der Waals surface area contributed by atoms with Gasteiger partial charge in [0.15, 0.2) is 5.82 Å². The zero-order valence-corrected chi connectivity index (χ0v) is 16.4. The molecule has 1 aliphatic carbocycles. The van der Waals surface area contributed by atoms with E-state index in [1.165, 1.54) is 29.6 Å². The second kappa shape index (κ2) is 7.82. The van der Waals surface area contributed by atoms with Crippen LogP contribution in [0.5, 0.6) is 0 Å². The zero-order chi connectivity index (χ0) is 20.5. The molecule has 3 aromatic carbocycles. The first-order chi connectivity index (χ1) is 14.7. The molecule has 0 saturated heterocycles. The Hall–Kier alpha value is -3.34. The molecule has 1 N–H and O–H groups in total. The summed E-state index contributed by atoms with van der Waals surface area (Å²) in [7, 11) is 0. The Bertz CT molecular complexity index is 1160. The summed E-state index contributed by atoms with van der Waals surface area (Å²) in [6, 6.07) is 18.7. The van der Waals surface area contributed by atoms with Crippen LogP contribution in [0, 0.1) is 17.6 Å². The summed E-state index contributed by atoms with van der Waals surface area (Å²) < 4.78 is 29.9. The predicted octanol–water partition coefficient (Wildman–Crippen LogP) is 5.76. The molecule has 3 nitrogen and oxygen atoms in total. The minimum Gasteiger partial charge on any atom is -0.259 e. The summed E-state index contributed by atoms with van der Waals surface area (Å²) in [4.78, 5) is 4.15. The van der Waals surface area contributed by atoms with Crippen LogP contribution in [0.15, 0.2) is 67.0 Å². The van der Waals surface area contributed by atoms with Crippen molar-refractivity contribution in [2.24, 2.45) is 5.92 Å². The average Bonchev–Trinajstić information content (AvgIpc) is 3.43. The molecule has 4 aromatic rings. The lowest BCUT2D eigenvalue weighted by Crippen LogP contribution is -2.05. The van der Waals surface area contributed by atoms with Crippen LogP contribution in [0.2, 0.25) is 0 Å². The molecule has 0 spiro atoms. The molecule has 0 amide bonds. The van der Waals surface area contributed by atoms with E-state index in [0.717, 1.165) is 24.8 Å². The lowest BCUT2D eigenvalue weighted by molar-refractivity contribution is 0.488. The van der Waals surface area contributed by atoms with Crippen LogP contribution >= 0.6 is 0 Å². The summed E-state index contributed by atoms with van der Waals surface area (Å²) >= 11 is 0. The first-order valence-corrected chi connectivity index (χ1v) is 10.2. The summed E-state index contributed by atoms with van der Waals surface area (Å²) in [5.41, 5.74) is 4.80. The van der Waals surface area contributed by atoms with Crippen LogP contribution in [0.25, 0.3) is 22.5 Å². The second-order valence-electron chi connectivity index (χ2n) is 7.88. The van der Waals surface area contributed by atoms with Crippen LogP contribution in [-0.2, 0) is 19.3 Å². The number of aromatic nitrogens is 3. The third-order valence-corrected chi connectivity index (χ3v) is 5.99. The van der Waals surface area contributed by atoms with Crippen molar-refractivity contribution in [1.82, 2.24) is 15.2 Å². The van der Waals surface area contributed by atoms with Crippen molar-refractivity contribution < 1.29 is 8.78 Å².